The summed E-state index contributed by atoms with van der Waals surface area (Å²) in [7, 11) is 0. The molecule has 5 rings (SSSR count). The van der Waals surface area contributed by atoms with Gasteiger partial charge >= 0.3 is 0 Å². The molecule has 0 aromatic heterocycles. The summed E-state index contributed by atoms with van der Waals surface area (Å²) in [5, 5.41) is 3.12. The van der Waals surface area contributed by atoms with Crippen molar-refractivity contribution in [3.05, 3.63) is 35.6 Å². The Morgan fingerprint density at radius 3 is 2.35 bits per heavy atom. The van der Waals surface area contributed by atoms with Crippen molar-refractivity contribution >= 4 is 5.91 Å². The van der Waals surface area contributed by atoms with E-state index in [0.29, 0.717) is 13.3 Å². The van der Waals surface area contributed by atoms with Crippen LogP contribution in [0.15, 0.2) is 24.3 Å². The van der Waals surface area contributed by atoms with Gasteiger partial charge in [-0.05, 0) is 49.3 Å². The maximum atomic E-state index is 13.5. The summed E-state index contributed by atoms with van der Waals surface area (Å²) in [6, 6.07) is 6.72. The SMILES string of the molecule is O=C1NCN(C(c2ccc(F)cc2)C2CO2)C12CCN(CC1CCCCCCC1)CC2. The molecule has 1 aromatic carbocycles. The topological polar surface area (TPSA) is 48.1 Å². The van der Waals surface area contributed by atoms with E-state index >= 15 is 0 Å². The first kappa shape index (κ1) is 21.4. The summed E-state index contributed by atoms with van der Waals surface area (Å²) < 4.78 is 19.2. The molecule has 170 valence electrons. The number of likely N-dealkylation sites (tertiary alicyclic amines) is 1. The minimum Gasteiger partial charge on any atom is -0.371 e. The molecule has 3 aliphatic heterocycles. The lowest BCUT2D eigenvalue weighted by atomic mass is 9.83. The average Bonchev–Trinajstić information content (AvgIpc) is 3.54. The predicted octanol–water partition coefficient (Wildman–Crippen LogP) is 3.85. The van der Waals surface area contributed by atoms with Gasteiger partial charge in [-0.2, -0.15) is 0 Å². The molecule has 1 aliphatic carbocycles. The van der Waals surface area contributed by atoms with Gasteiger partial charge in [0.1, 0.15) is 17.5 Å². The highest BCUT2D eigenvalue weighted by Gasteiger charge is 2.55. The maximum Gasteiger partial charge on any atom is 0.241 e. The number of rotatable bonds is 5. The molecule has 4 fully saturated rings. The normalized spacial score (nSPS) is 28.8. The van der Waals surface area contributed by atoms with Crippen molar-refractivity contribution in [2.75, 3.05) is 32.9 Å². The molecule has 1 amide bonds. The molecule has 2 atom stereocenters. The van der Waals surface area contributed by atoms with Crippen LogP contribution in [0.25, 0.3) is 0 Å². The molecule has 1 saturated carbocycles. The van der Waals surface area contributed by atoms with E-state index in [1.807, 2.05) is 12.1 Å². The lowest BCUT2D eigenvalue weighted by molar-refractivity contribution is -0.130. The number of halogens is 1. The second kappa shape index (κ2) is 9.16. The lowest BCUT2D eigenvalue weighted by Gasteiger charge is -2.46. The van der Waals surface area contributed by atoms with Gasteiger partial charge in [0.25, 0.3) is 0 Å². The number of nitrogens with zero attached hydrogens (tertiary/aromatic N) is 2. The van der Waals surface area contributed by atoms with Gasteiger partial charge in [0, 0.05) is 19.6 Å². The van der Waals surface area contributed by atoms with E-state index in [1.165, 1.54) is 63.6 Å². The van der Waals surface area contributed by atoms with Crippen molar-refractivity contribution < 1.29 is 13.9 Å². The molecule has 1 aromatic rings. The molecule has 3 heterocycles. The second-order valence-corrected chi connectivity index (χ2v) is 10.0. The predicted molar refractivity (Wildman–Crippen MR) is 118 cm³/mol. The van der Waals surface area contributed by atoms with E-state index in [4.69, 9.17) is 4.74 Å². The van der Waals surface area contributed by atoms with Crippen LogP contribution in [0.5, 0.6) is 0 Å². The number of ether oxygens (including phenoxy) is 1. The summed E-state index contributed by atoms with van der Waals surface area (Å²) in [5.74, 6) is 0.743. The molecular weight excluding hydrogens is 393 g/mol. The number of nitrogens with one attached hydrogen (secondary N) is 1. The fraction of sp³-hybridized carbons (Fsp3) is 0.720. The standard InChI is InChI=1S/C25H36FN3O2/c26-21-10-8-20(9-11-21)23(22-17-31-22)29-18-27-24(30)25(29)12-14-28(15-13-25)16-19-6-4-2-1-3-5-7-19/h8-11,19,22-23H,1-7,12-18H2,(H,27,30). The Hall–Kier alpha value is -1.50. The Labute approximate surface area is 185 Å². The third kappa shape index (κ3) is 4.53. The van der Waals surface area contributed by atoms with Crippen LogP contribution in [0.2, 0.25) is 0 Å². The summed E-state index contributed by atoms with van der Waals surface area (Å²) in [5.41, 5.74) is 0.569. The van der Waals surface area contributed by atoms with Crippen LogP contribution in [0.4, 0.5) is 4.39 Å². The van der Waals surface area contributed by atoms with Crippen molar-refractivity contribution in [2.45, 2.75) is 75.5 Å². The number of epoxide rings is 1. The number of carbonyl (C=O) groups is 1. The third-order valence-electron chi connectivity index (χ3n) is 8.07. The molecule has 0 radical (unpaired) electrons. The average molecular weight is 430 g/mol. The molecule has 4 aliphatic rings. The van der Waals surface area contributed by atoms with Crippen LogP contribution in [0, 0.1) is 11.7 Å². The largest absolute Gasteiger partial charge is 0.371 e. The Morgan fingerprint density at radius 1 is 1.06 bits per heavy atom. The van der Waals surface area contributed by atoms with Gasteiger partial charge in [-0.3, -0.25) is 9.69 Å². The zero-order valence-corrected chi connectivity index (χ0v) is 18.5. The van der Waals surface area contributed by atoms with Crippen LogP contribution in [-0.4, -0.2) is 60.3 Å². The maximum absolute atomic E-state index is 13.5. The number of benzene rings is 1. The number of carbonyl (C=O) groups excluding carboxylic acids is 1. The first-order chi connectivity index (χ1) is 15.2. The van der Waals surface area contributed by atoms with Crippen LogP contribution in [0.1, 0.15) is 69.4 Å². The molecule has 1 N–H and O–H groups in total. The van der Waals surface area contributed by atoms with Crippen molar-refractivity contribution in [2.24, 2.45) is 5.92 Å². The molecule has 6 heteroatoms. The minimum atomic E-state index is -0.470. The molecule has 5 nitrogen and oxygen atoms in total. The van der Waals surface area contributed by atoms with Crippen molar-refractivity contribution in [1.82, 2.24) is 15.1 Å². The Morgan fingerprint density at radius 2 is 1.71 bits per heavy atom. The van der Waals surface area contributed by atoms with Crippen molar-refractivity contribution in [3.8, 4) is 0 Å². The van der Waals surface area contributed by atoms with Crippen LogP contribution in [0.3, 0.4) is 0 Å². The highest BCUT2D eigenvalue weighted by Crippen LogP contribution is 2.43. The molecule has 3 saturated heterocycles. The molecule has 31 heavy (non-hydrogen) atoms. The number of hydrogen-bond donors (Lipinski definition) is 1. The third-order valence-corrected chi connectivity index (χ3v) is 8.07. The zero-order valence-electron chi connectivity index (χ0n) is 18.5. The highest BCUT2D eigenvalue weighted by molar-refractivity contribution is 5.88. The van der Waals surface area contributed by atoms with E-state index in [-0.39, 0.29) is 23.9 Å². The Balaban J connectivity index is 1.28. The molecular formula is C25H36FN3O2. The van der Waals surface area contributed by atoms with Gasteiger partial charge in [0.15, 0.2) is 0 Å². The van der Waals surface area contributed by atoms with Crippen molar-refractivity contribution in [1.29, 1.82) is 0 Å². The van der Waals surface area contributed by atoms with E-state index in [9.17, 15) is 9.18 Å². The van der Waals surface area contributed by atoms with Gasteiger partial charge in [-0.15, -0.1) is 0 Å². The number of hydrogen-bond acceptors (Lipinski definition) is 4. The quantitative estimate of drug-likeness (QED) is 0.723. The Kier molecular flexibility index (Phi) is 6.31. The van der Waals surface area contributed by atoms with Gasteiger partial charge < -0.3 is 15.0 Å². The first-order valence-electron chi connectivity index (χ1n) is 12.3. The van der Waals surface area contributed by atoms with Crippen molar-refractivity contribution in [3.63, 3.8) is 0 Å². The second-order valence-electron chi connectivity index (χ2n) is 10.0. The summed E-state index contributed by atoms with van der Waals surface area (Å²) >= 11 is 0. The number of piperidine rings is 1. The van der Waals surface area contributed by atoms with Crippen LogP contribution >= 0.6 is 0 Å². The van der Waals surface area contributed by atoms with Gasteiger partial charge in [0.2, 0.25) is 5.91 Å². The summed E-state index contributed by atoms with van der Waals surface area (Å²) in [6.45, 7) is 4.38. The molecule has 2 unspecified atom stereocenters. The van der Waals surface area contributed by atoms with Gasteiger partial charge in [-0.1, -0.05) is 44.2 Å². The highest BCUT2D eigenvalue weighted by atomic mass is 19.1. The first-order valence-corrected chi connectivity index (χ1v) is 12.3. The van der Waals surface area contributed by atoms with Crippen LogP contribution < -0.4 is 5.32 Å². The van der Waals surface area contributed by atoms with Crippen LogP contribution in [-0.2, 0) is 9.53 Å². The van der Waals surface area contributed by atoms with E-state index in [0.717, 1.165) is 37.4 Å². The Bertz CT molecular complexity index is 751. The zero-order chi connectivity index (χ0) is 21.3. The number of amides is 1. The lowest BCUT2D eigenvalue weighted by Crippen LogP contribution is -2.57. The van der Waals surface area contributed by atoms with E-state index in [1.54, 1.807) is 0 Å². The van der Waals surface area contributed by atoms with Gasteiger partial charge in [-0.25, -0.2) is 4.39 Å². The molecule has 1 spiro atoms. The van der Waals surface area contributed by atoms with Gasteiger partial charge in [0.05, 0.1) is 19.3 Å². The summed E-state index contributed by atoms with van der Waals surface area (Å²) in [4.78, 5) is 18.0. The fourth-order valence-corrected chi connectivity index (χ4v) is 6.17. The van der Waals surface area contributed by atoms with E-state index < -0.39 is 5.54 Å². The fourth-order valence-electron chi connectivity index (χ4n) is 6.17. The smallest absolute Gasteiger partial charge is 0.241 e. The van der Waals surface area contributed by atoms with E-state index in [2.05, 4.69) is 15.1 Å². The summed E-state index contributed by atoms with van der Waals surface area (Å²) in [6.07, 6.45) is 11.5. The minimum absolute atomic E-state index is 0.00305. The molecule has 0 bridgehead atoms. The monoisotopic (exact) mass is 429 g/mol.